The highest BCUT2D eigenvalue weighted by molar-refractivity contribution is 5.91. The largest absolute Gasteiger partial charge is 0.447 e. The fourth-order valence-corrected chi connectivity index (χ4v) is 3.41. The Balaban J connectivity index is 1.83. The molecule has 6 nitrogen and oxygen atoms in total. The van der Waals surface area contributed by atoms with Gasteiger partial charge in [0.25, 0.3) is 5.91 Å². The van der Waals surface area contributed by atoms with Crippen molar-refractivity contribution in [1.29, 1.82) is 0 Å². The van der Waals surface area contributed by atoms with Gasteiger partial charge in [0.1, 0.15) is 6.26 Å². The lowest BCUT2D eigenvalue weighted by molar-refractivity contribution is -0.138. The summed E-state index contributed by atoms with van der Waals surface area (Å²) in [5.41, 5.74) is -1.11. The topological polar surface area (TPSA) is 67.6 Å². The standard InChI is InChI=1S/C24H23F6N3O3/c1-35-9-8-31-22(34)20-15-36-21(32-20)14-33(12-16-4-2-6-18(10-16)23(25,26)27)13-17-5-3-7-19(11-17)24(28,29)30/h2-7,10-11,15H,8-9,12-14H2,1H3,(H,31,34). The average molecular weight is 515 g/mol. The van der Waals surface area contributed by atoms with Crippen molar-refractivity contribution in [1.82, 2.24) is 15.2 Å². The molecule has 0 saturated heterocycles. The first kappa shape index (κ1) is 27.2. The number of amides is 1. The van der Waals surface area contributed by atoms with E-state index < -0.39 is 29.4 Å². The van der Waals surface area contributed by atoms with Crippen LogP contribution in [0, 0.1) is 0 Å². The van der Waals surface area contributed by atoms with Crippen molar-refractivity contribution in [3.05, 3.63) is 88.6 Å². The predicted molar refractivity (Wildman–Crippen MR) is 117 cm³/mol. The quantitative estimate of drug-likeness (QED) is 0.294. The van der Waals surface area contributed by atoms with E-state index in [9.17, 15) is 31.1 Å². The van der Waals surface area contributed by atoms with E-state index in [4.69, 9.17) is 9.15 Å². The van der Waals surface area contributed by atoms with E-state index in [0.29, 0.717) is 11.1 Å². The van der Waals surface area contributed by atoms with E-state index in [0.717, 1.165) is 30.5 Å². The van der Waals surface area contributed by atoms with Gasteiger partial charge in [-0.15, -0.1) is 0 Å². The lowest BCUT2D eigenvalue weighted by Gasteiger charge is -2.22. The number of methoxy groups -OCH3 is 1. The molecule has 0 spiro atoms. The summed E-state index contributed by atoms with van der Waals surface area (Å²) < 4.78 is 89.1. The third-order valence-electron chi connectivity index (χ3n) is 5.06. The molecule has 3 rings (SSSR count). The first-order valence-corrected chi connectivity index (χ1v) is 10.7. The van der Waals surface area contributed by atoms with Gasteiger partial charge in [0.2, 0.25) is 5.89 Å². The molecule has 36 heavy (non-hydrogen) atoms. The number of rotatable bonds is 10. The maximum atomic E-state index is 13.2. The highest BCUT2D eigenvalue weighted by atomic mass is 19.4. The number of hydrogen-bond donors (Lipinski definition) is 1. The van der Waals surface area contributed by atoms with Crippen molar-refractivity contribution in [3.8, 4) is 0 Å². The van der Waals surface area contributed by atoms with Crippen LogP contribution in [0.25, 0.3) is 0 Å². The number of oxazole rings is 1. The molecule has 0 atom stereocenters. The smallest absolute Gasteiger partial charge is 0.416 e. The minimum Gasteiger partial charge on any atom is -0.447 e. The molecule has 0 bridgehead atoms. The first-order chi connectivity index (χ1) is 17.0. The van der Waals surface area contributed by atoms with Crippen molar-refractivity contribution in [3.63, 3.8) is 0 Å². The van der Waals surface area contributed by atoms with Gasteiger partial charge in [-0.1, -0.05) is 36.4 Å². The maximum absolute atomic E-state index is 13.2. The molecule has 194 valence electrons. The van der Waals surface area contributed by atoms with Crippen LogP contribution in [0.2, 0.25) is 0 Å². The number of halogens is 6. The van der Waals surface area contributed by atoms with Crippen LogP contribution in [-0.4, -0.2) is 36.1 Å². The Morgan fingerprint density at radius 2 is 1.50 bits per heavy atom. The summed E-state index contributed by atoms with van der Waals surface area (Å²) in [5, 5.41) is 2.57. The van der Waals surface area contributed by atoms with Crippen molar-refractivity contribution >= 4 is 5.91 Å². The second kappa shape index (κ2) is 11.6. The van der Waals surface area contributed by atoms with Crippen molar-refractivity contribution in [2.75, 3.05) is 20.3 Å². The fourth-order valence-electron chi connectivity index (χ4n) is 3.41. The number of hydrogen-bond acceptors (Lipinski definition) is 5. The van der Waals surface area contributed by atoms with E-state index in [-0.39, 0.29) is 44.4 Å². The summed E-state index contributed by atoms with van der Waals surface area (Å²) in [7, 11) is 1.48. The highest BCUT2D eigenvalue weighted by Gasteiger charge is 2.31. The molecular weight excluding hydrogens is 492 g/mol. The minimum atomic E-state index is -4.55. The maximum Gasteiger partial charge on any atom is 0.416 e. The van der Waals surface area contributed by atoms with Gasteiger partial charge in [-0.05, 0) is 23.3 Å². The Morgan fingerprint density at radius 3 is 2.00 bits per heavy atom. The number of nitrogens with one attached hydrogen (secondary N) is 1. The van der Waals surface area contributed by atoms with Gasteiger partial charge in [-0.25, -0.2) is 4.98 Å². The summed E-state index contributed by atoms with van der Waals surface area (Å²) >= 11 is 0. The van der Waals surface area contributed by atoms with Crippen LogP contribution < -0.4 is 5.32 Å². The SMILES string of the molecule is COCCNC(=O)c1coc(CN(Cc2cccc(C(F)(F)F)c2)Cc2cccc(C(F)(F)F)c2)n1. The number of aromatic nitrogens is 1. The van der Waals surface area contributed by atoms with E-state index >= 15 is 0 Å². The molecule has 0 aliphatic carbocycles. The lowest BCUT2D eigenvalue weighted by atomic mass is 10.1. The van der Waals surface area contributed by atoms with Gasteiger partial charge in [0.05, 0.1) is 24.3 Å². The van der Waals surface area contributed by atoms with Crippen LogP contribution in [0.15, 0.2) is 59.2 Å². The third-order valence-corrected chi connectivity index (χ3v) is 5.06. The zero-order chi connectivity index (χ0) is 26.3. The van der Waals surface area contributed by atoms with Crippen LogP contribution >= 0.6 is 0 Å². The summed E-state index contributed by atoms with van der Waals surface area (Å²) in [5.74, 6) is -0.435. The van der Waals surface area contributed by atoms with E-state index in [1.165, 1.54) is 31.4 Å². The predicted octanol–water partition coefficient (Wildman–Crippen LogP) is 5.29. The van der Waals surface area contributed by atoms with Crippen LogP contribution in [-0.2, 0) is 36.7 Å². The second-order valence-electron chi connectivity index (χ2n) is 7.92. The van der Waals surface area contributed by atoms with E-state index in [1.807, 2.05) is 0 Å². The Hall–Kier alpha value is -3.38. The molecule has 0 unspecified atom stereocenters. The summed E-state index contributed by atoms with van der Waals surface area (Å²) in [6.07, 6.45) is -7.96. The molecule has 0 radical (unpaired) electrons. The Morgan fingerprint density at radius 1 is 0.944 bits per heavy atom. The third kappa shape index (κ3) is 7.82. The lowest BCUT2D eigenvalue weighted by Crippen LogP contribution is -2.27. The molecule has 2 aromatic carbocycles. The molecule has 1 N–H and O–H groups in total. The van der Waals surface area contributed by atoms with Crippen LogP contribution in [0.5, 0.6) is 0 Å². The number of carbonyl (C=O) groups excluding carboxylic acids is 1. The number of nitrogens with zero attached hydrogens (tertiary/aromatic N) is 2. The van der Waals surface area contributed by atoms with Gasteiger partial charge in [-0.3, -0.25) is 9.69 Å². The molecule has 1 aromatic heterocycles. The number of carbonyl (C=O) groups is 1. The Labute approximate surface area is 202 Å². The molecule has 0 aliphatic rings. The molecule has 3 aromatic rings. The normalized spacial score (nSPS) is 12.2. The van der Waals surface area contributed by atoms with Gasteiger partial charge >= 0.3 is 12.4 Å². The summed E-state index contributed by atoms with van der Waals surface area (Å²) in [6.45, 7) is 0.376. The zero-order valence-corrected chi connectivity index (χ0v) is 19.1. The Kier molecular flexibility index (Phi) is 8.75. The van der Waals surface area contributed by atoms with Crippen LogP contribution in [0.3, 0.4) is 0 Å². The van der Waals surface area contributed by atoms with Crippen LogP contribution in [0.1, 0.15) is 38.6 Å². The van der Waals surface area contributed by atoms with Crippen molar-refractivity contribution < 1.29 is 40.3 Å². The van der Waals surface area contributed by atoms with Crippen molar-refractivity contribution in [2.45, 2.75) is 32.0 Å². The molecule has 12 heteroatoms. The molecule has 1 heterocycles. The fraction of sp³-hybridized carbons (Fsp3) is 0.333. The first-order valence-electron chi connectivity index (χ1n) is 10.7. The van der Waals surface area contributed by atoms with Gasteiger partial charge in [0, 0.05) is 26.7 Å². The minimum absolute atomic E-state index is 0.0146. The summed E-state index contributed by atoms with van der Waals surface area (Å²) in [4.78, 5) is 17.8. The number of benzene rings is 2. The number of alkyl halides is 6. The van der Waals surface area contributed by atoms with Crippen molar-refractivity contribution in [2.24, 2.45) is 0 Å². The van der Waals surface area contributed by atoms with Gasteiger partial charge < -0.3 is 14.5 Å². The Bertz CT molecular complexity index is 1100. The molecule has 0 saturated carbocycles. The molecular formula is C24H23F6N3O3. The molecule has 1 amide bonds. The van der Waals surface area contributed by atoms with Gasteiger partial charge in [-0.2, -0.15) is 26.3 Å². The number of ether oxygens (including phenoxy) is 1. The molecule has 0 fully saturated rings. The molecule has 0 aliphatic heterocycles. The van der Waals surface area contributed by atoms with Gasteiger partial charge in [0.15, 0.2) is 5.69 Å². The van der Waals surface area contributed by atoms with Crippen LogP contribution in [0.4, 0.5) is 26.3 Å². The van der Waals surface area contributed by atoms with E-state index in [1.54, 1.807) is 4.90 Å². The van der Waals surface area contributed by atoms with E-state index in [2.05, 4.69) is 10.3 Å². The monoisotopic (exact) mass is 515 g/mol. The summed E-state index contributed by atoms with van der Waals surface area (Å²) in [6, 6.07) is 9.30. The second-order valence-corrected chi connectivity index (χ2v) is 7.92. The highest BCUT2D eigenvalue weighted by Crippen LogP contribution is 2.31. The average Bonchev–Trinajstić information content (AvgIpc) is 3.27. The zero-order valence-electron chi connectivity index (χ0n) is 19.1.